The van der Waals surface area contributed by atoms with Crippen LogP contribution in [0.5, 0.6) is 0 Å². The molecule has 1 aliphatic rings. The number of nitrogens with zero attached hydrogens (tertiary/aromatic N) is 4. The second-order valence-electron chi connectivity index (χ2n) is 7.60. The first-order chi connectivity index (χ1) is 16.9. The van der Waals surface area contributed by atoms with Crippen molar-refractivity contribution in [3.05, 3.63) is 58.7 Å². The van der Waals surface area contributed by atoms with Gasteiger partial charge in [-0.15, -0.1) is 5.10 Å². The minimum atomic E-state index is -4.92. The van der Waals surface area contributed by atoms with Gasteiger partial charge in [-0.3, -0.25) is 9.51 Å². The van der Waals surface area contributed by atoms with Gasteiger partial charge in [-0.1, -0.05) is 17.0 Å². The van der Waals surface area contributed by atoms with E-state index in [-0.39, 0.29) is 11.3 Å². The molecule has 0 aliphatic carbocycles. The predicted molar refractivity (Wildman–Crippen MR) is 121 cm³/mol. The van der Waals surface area contributed by atoms with Gasteiger partial charge in [-0.2, -0.15) is 0 Å². The molecule has 36 heavy (non-hydrogen) atoms. The fourth-order valence-corrected chi connectivity index (χ4v) is 5.43. The van der Waals surface area contributed by atoms with Gasteiger partial charge in [0.05, 0.1) is 12.8 Å². The summed E-state index contributed by atoms with van der Waals surface area (Å²) in [6.45, 7) is -0.738. The number of benzene rings is 1. The standard InChI is InChI=1S/C19H17BrF3N4O7PS/c20-9-3-10(5-24-4-9)36-19-18(29)16(17(28)14(34-19)7-33-35(30,31)32)27-6-13(25-26-27)8-1-11(21)15(23)12(22)2-8/h1-6,14,16-19,28-29H,7H2,(H2,30,31,32)/t14?,16?,17-,18?,19+/m0/s1. The zero-order chi connectivity index (χ0) is 26.2. The highest BCUT2D eigenvalue weighted by Crippen LogP contribution is 2.41. The third kappa shape index (κ3) is 6.15. The van der Waals surface area contributed by atoms with Crippen molar-refractivity contribution in [1.29, 1.82) is 0 Å². The maximum absolute atomic E-state index is 13.7. The van der Waals surface area contributed by atoms with Gasteiger partial charge in [0.25, 0.3) is 0 Å². The molecular formula is C19H17BrF3N4O7PS. The smallest absolute Gasteiger partial charge is 0.388 e. The van der Waals surface area contributed by atoms with Crippen molar-refractivity contribution in [3.63, 3.8) is 0 Å². The Morgan fingerprint density at radius 2 is 1.83 bits per heavy atom. The molecule has 4 rings (SSSR count). The molecule has 5 atom stereocenters. The summed E-state index contributed by atoms with van der Waals surface area (Å²) in [5.41, 5.74) is -1.35. The first kappa shape index (κ1) is 27.2. The molecule has 3 unspecified atom stereocenters. The topological polar surface area (TPSA) is 160 Å². The van der Waals surface area contributed by atoms with Crippen molar-refractivity contribution in [2.75, 3.05) is 6.61 Å². The van der Waals surface area contributed by atoms with Crippen LogP contribution in [0.15, 0.2) is 46.2 Å². The van der Waals surface area contributed by atoms with Crippen molar-refractivity contribution in [2.24, 2.45) is 0 Å². The summed E-state index contributed by atoms with van der Waals surface area (Å²) in [4.78, 5) is 22.7. The zero-order valence-corrected chi connectivity index (χ0v) is 21.0. The summed E-state index contributed by atoms with van der Waals surface area (Å²) in [6.07, 6.45) is -0.233. The minimum Gasteiger partial charge on any atom is -0.388 e. The molecule has 4 N–H and O–H groups in total. The molecular weight excluding hydrogens is 596 g/mol. The van der Waals surface area contributed by atoms with Gasteiger partial charge in [0, 0.05) is 27.3 Å². The Bertz CT molecular complexity index is 1280. The first-order valence-electron chi connectivity index (χ1n) is 9.98. The number of aromatic nitrogens is 4. The molecule has 0 saturated carbocycles. The van der Waals surface area contributed by atoms with Gasteiger partial charge in [-0.25, -0.2) is 22.4 Å². The largest absolute Gasteiger partial charge is 0.469 e. The van der Waals surface area contributed by atoms with Gasteiger partial charge in [0.1, 0.15) is 35.5 Å². The maximum atomic E-state index is 13.7. The molecule has 17 heteroatoms. The lowest BCUT2D eigenvalue weighted by atomic mass is 9.97. The van der Waals surface area contributed by atoms with Crippen LogP contribution in [0.4, 0.5) is 13.2 Å². The van der Waals surface area contributed by atoms with Gasteiger partial charge in [0.2, 0.25) is 0 Å². The number of aliphatic hydroxyl groups is 2. The number of hydrogen-bond acceptors (Lipinski definition) is 9. The van der Waals surface area contributed by atoms with E-state index in [0.29, 0.717) is 21.5 Å². The van der Waals surface area contributed by atoms with E-state index in [4.69, 9.17) is 14.5 Å². The average molecular weight is 613 g/mol. The lowest BCUT2D eigenvalue weighted by Gasteiger charge is -2.42. The second kappa shape index (κ2) is 10.8. The number of phosphoric ester groups is 1. The lowest BCUT2D eigenvalue weighted by Crippen LogP contribution is -2.55. The number of phosphoric acid groups is 1. The first-order valence-corrected chi connectivity index (χ1v) is 13.2. The van der Waals surface area contributed by atoms with E-state index in [2.05, 4.69) is 35.7 Å². The monoisotopic (exact) mass is 612 g/mol. The quantitative estimate of drug-likeness (QED) is 0.229. The van der Waals surface area contributed by atoms with E-state index in [9.17, 15) is 27.9 Å². The number of pyridine rings is 1. The Morgan fingerprint density at radius 1 is 1.14 bits per heavy atom. The average Bonchev–Trinajstić information content (AvgIpc) is 3.27. The van der Waals surface area contributed by atoms with Gasteiger partial charge in [0.15, 0.2) is 17.5 Å². The fourth-order valence-electron chi connectivity index (χ4n) is 3.48. The van der Waals surface area contributed by atoms with E-state index in [1.807, 2.05) is 0 Å². The summed E-state index contributed by atoms with van der Waals surface area (Å²) in [5.74, 6) is -4.55. The van der Waals surface area contributed by atoms with Crippen LogP contribution in [0.25, 0.3) is 11.3 Å². The van der Waals surface area contributed by atoms with Crippen LogP contribution in [0, 0.1) is 17.5 Å². The molecule has 194 valence electrons. The van der Waals surface area contributed by atoms with Gasteiger partial charge >= 0.3 is 7.82 Å². The normalized spacial score (nSPS) is 24.7. The molecule has 1 fully saturated rings. The number of rotatable bonds is 7. The van der Waals surface area contributed by atoms with E-state index in [0.717, 1.165) is 22.6 Å². The molecule has 1 aliphatic heterocycles. The number of halogens is 4. The van der Waals surface area contributed by atoms with Crippen LogP contribution in [-0.2, 0) is 13.8 Å². The third-order valence-corrected chi connectivity index (χ3v) is 7.14. The maximum Gasteiger partial charge on any atom is 0.469 e. The molecule has 3 heterocycles. The highest BCUT2D eigenvalue weighted by molar-refractivity contribution is 9.10. The van der Waals surface area contributed by atoms with Crippen molar-refractivity contribution < 1.29 is 47.0 Å². The van der Waals surface area contributed by atoms with Crippen LogP contribution >= 0.6 is 35.5 Å². The molecule has 11 nitrogen and oxygen atoms in total. The van der Waals surface area contributed by atoms with E-state index in [1.54, 1.807) is 6.07 Å². The third-order valence-electron chi connectivity index (χ3n) is 5.10. The summed E-state index contributed by atoms with van der Waals surface area (Å²) in [6, 6.07) is 1.80. The van der Waals surface area contributed by atoms with Gasteiger partial charge < -0.3 is 24.7 Å². The summed E-state index contributed by atoms with van der Waals surface area (Å²) >= 11 is 4.28. The molecule has 0 radical (unpaired) electrons. The molecule has 3 aromatic rings. The molecule has 1 aromatic carbocycles. The SMILES string of the molecule is O=P(O)(O)OCC1O[C@H](Sc2cncc(Br)c2)C(O)C(n2cc(-c3cc(F)c(F)c(F)c3)nn2)[C@H]1O. The van der Waals surface area contributed by atoms with Crippen LogP contribution in [0.3, 0.4) is 0 Å². The molecule has 1 saturated heterocycles. The number of thioether (sulfide) groups is 1. The number of aliphatic hydroxyl groups excluding tert-OH is 2. The van der Waals surface area contributed by atoms with Crippen molar-refractivity contribution in [3.8, 4) is 11.3 Å². The molecule has 2 aromatic heterocycles. The highest BCUT2D eigenvalue weighted by Gasteiger charge is 2.47. The molecule has 0 amide bonds. The van der Waals surface area contributed by atoms with Crippen molar-refractivity contribution in [2.45, 2.75) is 34.7 Å². The minimum absolute atomic E-state index is 0.0953. The van der Waals surface area contributed by atoms with Crippen LogP contribution in [0.1, 0.15) is 6.04 Å². The summed E-state index contributed by atoms with van der Waals surface area (Å²) in [5, 5.41) is 29.5. The Morgan fingerprint density at radius 3 is 2.47 bits per heavy atom. The lowest BCUT2D eigenvalue weighted by molar-refractivity contribution is -0.177. The van der Waals surface area contributed by atoms with Gasteiger partial charge in [-0.05, 0) is 34.1 Å². The Hall–Kier alpha value is -1.88. The van der Waals surface area contributed by atoms with Crippen LogP contribution in [0.2, 0.25) is 0 Å². The highest BCUT2D eigenvalue weighted by atomic mass is 79.9. The summed E-state index contributed by atoms with van der Waals surface area (Å²) < 4.78 is 63.7. The number of ether oxygens (including phenoxy) is 1. The number of hydrogen-bond donors (Lipinski definition) is 4. The summed E-state index contributed by atoms with van der Waals surface area (Å²) in [7, 11) is -4.92. The zero-order valence-electron chi connectivity index (χ0n) is 17.7. The van der Waals surface area contributed by atoms with Crippen molar-refractivity contribution in [1.82, 2.24) is 20.0 Å². The molecule has 0 bridgehead atoms. The van der Waals surface area contributed by atoms with E-state index >= 15 is 0 Å². The Balaban J connectivity index is 1.66. The van der Waals surface area contributed by atoms with Crippen LogP contribution < -0.4 is 0 Å². The van der Waals surface area contributed by atoms with E-state index in [1.165, 1.54) is 12.4 Å². The van der Waals surface area contributed by atoms with Crippen LogP contribution in [-0.4, -0.2) is 70.3 Å². The Labute approximate surface area is 213 Å². The van der Waals surface area contributed by atoms with Crippen molar-refractivity contribution >= 4 is 35.5 Å². The predicted octanol–water partition coefficient (Wildman–Crippen LogP) is 2.41. The second-order valence-corrected chi connectivity index (χ2v) is 10.9. The Kier molecular flexibility index (Phi) is 8.19. The molecule has 0 spiro atoms. The fraction of sp³-hybridized carbons (Fsp3) is 0.316. The van der Waals surface area contributed by atoms with E-state index < -0.39 is 61.7 Å².